The Bertz CT molecular complexity index is 585. The monoisotopic (exact) mass is 272 g/mol. The molecule has 0 amide bonds. The molecule has 1 aliphatic carbocycles. The number of pyridine rings is 1. The Morgan fingerprint density at radius 3 is 2.89 bits per heavy atom. The largest absolute Gasteiger partial charge is 0.397 e. The van der Waals surface area contributed by atoms with E-state index >= 15 is 0 Å². The van der Waals surface area contributed by atoms with Gasteiger partial charge < -0.3 is 5.73 Å². The van der Waals surface area contributed by atoms with Gasteiger partial charge in [0.2, 0.25) is 0 Å². The lowest BCUT2D eigenvalue weighted by Gasteiger charge is -2.10. The van der Waals surface area contributed by atoms with Gasteiger partial charge in [-0.25, -0.2) is 9.97 Å². The molecule has 0 aliphatic heterocycles. The highest BCUT2D eigenvalue weighted by atomic mass is 32.2. The average Bonchev–Trinajstić information content (AvgIpc) is 2.67. The highest BCUT2D eigenvalue weighted by Gasteiger charge is 2.15. The second-order valence-corrected chi connectivity index (χ2v) is 5.71. The van der Waals surface area contributed by atoms with Gasteiger partial charge in [0.15, 0.2) is 0 Å². The fourth-order valence-electron chi connectivity index (χ4n) is 2.35. The fourth-order valence-corrected chi connectivity index (χ4v) is 3.30. The van der Waals surface area contributed by atoms with Gasteiger partial charge in [-0.05, 0) is 31.7 Å². The topological polar surface area (TPSA) is 64.7 Å². The number of hydrogen-bond acceptors (Lipinski definition) is 5. The van der Waals surface area contributed by atoms with Crippen LogP contribution in [0.25, 0.3) is 0 Å². The van der Waals surface area contributed by atoms with E-state index in [2.05, 4.69) is 15.0 Å². The number of rotatable bonds is 2. The summed E-state index contributed by atoms with van der Waals surface area (Å²) in [4.78, 5) is 13.9. The maximum absolute atomic E-state index is 5.95. The lowest BCUT2D eigenvalue weighted by atomic mass is 10.1. The predicted molar refractivity (Wildman–Crippen MR) is 76.1 cm³/mol. The van der Waals surface area contributed by atoms with Crippen molar-refractivity contribution in [2.45, 2.75) is 42.0 Å². The van der Waals surface area contributed by atoms with Crippen molar-refractivity contribution in [2.75, 3.05) is 5.73 Å². The van der Waals surface area contributed by atoms with Gasteiger partial charge in [-0.1, -0.05) is 18.2 Å². The van der Waals surface area contributed by atoms with Crippen LogP contribution in [0.1, 0.15) is 30.5 Å². The van der Waals surface area contributed by atoms with E-state index in [9.17, 15) is 0 Å². The van der Waals surface area contributed by atoms with E-state index in [1.54, 1.807) is 30.5 Å². The van der Waals surface area contributed by atoms with Crippen molar-refractivity contribution >= 4 is 17.4 Å². The summed E-state index contributed by atoms with van der Waals surface area (Å²) >= 11 is 1.62. The van der Waals surface area contributed by atoms with E-state index in [0.29, 0.717) is 5.69 Å². The van der Waals surface area contributed by atoms with Crippen LogP contribution in [0.3, 0.4) is 0 Å². The van der Waals surface area contributed by atoms with Crippen LogP contribution >= 0.6 is 11.8 Å². The smallest absolute Gasteiger partial charge is 0.117 e. The van der Waals surface area contributed by atoms with Crippen LogP contribution in [0.15, 0.2) is 34.7 Å². The minimum Gasteiger partial charge on any atom is -0.397 e. The number of nitrogens with zero attached hydrogens (tertiary/aromatic N) is 3. The van der Waals surface area contributed by atoms with Crippen LogP contribution in [0, 0.1) is 0 Å². The van der Waals surface area contributed by atoms with Gasteiger partial charge in [-0.2, -0.15) is 0 Å². The minimum atomic E-state index is 0.702. The Morgan fingerprint density at radius 1 is 1.11 bits per heavy atom. The predicted octanol–water partition coefficient (Wildman–Crippen LogP) is 2.87. The van der Waals surface area contributed by atoms with Crippen molar-refractivity contribution in [1.29, 1.82) is 0 Å². The maximum Gasteiger partial charge on any atom is 0.117 e. The van der Waals surface area contributed by atoms with Crippen LogP contribution in [-0.2, 0) is 12.8 Å². The number of hydrogen-bond donors (Lipinski definition) is 1. The first-order valence-electron chi connectivity index (χ1n) is 6.54. The number of nitrogens with two attached hydrogens (primary N) is 1. The van der Waals surface area contributed by atoms with E-state index in [1.165, 1.54) is 30.5 Å². The van der Waals surface area contributed by atoms with Gasteiger partial charge in [-0.3, -0.25) is 4.98 Å². The van der Waals surface area contributed by atoms with Crippen LogP contribution in [-0.4, -0.2) is 15.0 Å². The summed E-state index contributed by atoms with van der Waals surface area (Å²) in [5.41, 5.74) is 9.17. The van der Waals surface area contributed by atoms with Crippen molar-refractivity contribution in [1.82, 2.24) is 15.0 Å². The molecule has 1 aliphatic rings. The molecule has 2 aromatic heterocycles. The average molecular weight is 272 g/mol. The molecule has 0 saturated heterocycles. The maximum atomic E-state index is 5.95. The molecule has 0 bridgehead atoms. The zero-order valence-corrected chi connectivity index (χ0v) is 11.5. The highest BCUT2D eigenvalue weighted by molar-refractivity contribution is 7.99. The highest BCUT2D eigenvalue weighted by Crippen LogP contribution is 2.34. The second kappa shape index (κ2) is 5.57. The zero-order chi connectivity index (χ0) is 13.1. The standard InChI is InChI=1S/C14H16N4S/c15-11-8-16-7-6-13(11)19-14-10-4-2-1-3-5-12(10)17-9-18-14/h6-9H,1-5,15H2. The summed E-state index contributed by atoms with van der Waals surface area (Å²) < 4.78 is 0. The van der Waals surface area contributed by atoms with Crippen molar-refractivity contribution in [3.8, 4) is 0 Å². The molecule has 0 spiro atoms. The molecule has 0 aromatic carbocycles. The first-order valence-corrected chi connectivity index (χ1v) is 7.36. The van der Waals surface area contributed by atoms with Gasteiger partial charge in [0.1, 0.15) is 11.4 Å². The molecule has 0 atom stereocenters. The van der Waals surface area contributed by atoms with Crippen LogP contribution in [0.4, 0.5) is 5.69 Å². The van der Waals surface area contributed by atoms with Crippen molar-refractivity contribution in [2.24, 2.45) is 0 Å². The normalized spacial score (nSPS) is 14.7. The molecule has 0 radical (unpaired) electrons. The zero-order valence-electron chi connectivity index (χ0n) is 10.7. The summed E-state index contributed by atoms with van der Waals surface area (Å²) in [5, 5.41) is 1.05. The Kier molecular flexibility index (Phi) is 3.64. The summed E-state index contributed by atoms with van der Waals surface area (Å²) in [5.74, 6) is 0. The fraction of sp³-hybridized carbons (Fsp3) is 0.357. The summed E-state index contributed by atoms with van der Waals surface area (Å²) in [7, 11) is 0. The molecule has 5 heteroatoms. The lowest BCUT2D eigenvalue weighted by Crippen LogP contribution is -2.00. The molecule has 2 N–H and O–H groups in total. The number of aryl methyl sites for hydroxylation is 1. The molecule has 3 rings (SSSR count). The third-order valence-electron chi connectivity index (χ3n) is 3.35. The van der Waals surface area contributed by atoms with Gasteiger partial charge in [0, 0.05) is 22.3 Å². The first kappa shape index (κ1) is 12.4. The number of aromatic nitrogens is 3. The van der Waals surface area contributed by atoms with E-state index in [4.69, 9.17) is 5.73 Å². The van der Waals surface area contributed by atoms with Crippen LogP contribution < -0.4 is 5.73 Å². The molecular weight excluding hydrogens is 256 g/mol. The molecule has 0 saturated carbocycles. The molecule has 2 heterocycles. The lowest BCUT2D eigenvalue weighted by molar-refractivity contribution is 0.707. The molecule has 19 heavy (non-hydrogen) atoms. The molecule has 98 valence electrons. The third-order valence-corrected chi connectivity index (χ3v) is 4.49. The quantitative estimate of drug-likeness (QED) is 0.672. The van der Waals surface area contributed by atoms with Crippen LogP contribution in [0.5, 0.6) is 0 Å². The van der Waals surface area contributed by atoms with E-state index in [1.807, 2.05) is 6.07 Å². The summed E-state index contributed by atoms with van der Waals surface area (Å²) in [6.45, 7) is 0. The second-order valence-electron chi connectivity index (χ2n) is 4.68. The van der Waals surface area contributed by atoms with E-state index in [-0.39, 0.29) is 0 Å². The Balaban J connectivity index is 1.95. The van der Waals surface area contributed by atoms with Crippen molar-refractivity contribution in [3.63, 3.8) is 0 Å². The molecule has 0 fully saturated rings. The van der Waals surface area contributed by atoms with Gasteiger partial charge >= 0.3 is 0 Å². The number of anilines is 1. The number of nitrogen functional groups attached to an aromatic ring is 1. The van der Waals surface area contributed by atoms with Gasteiger partial charge in [-0.15, -0.1) is 0 Å². The minimum absolute atomic E-state index is 0.702. The SMILES string of the molecule is Nc1cnccc1Sc1ncnc2c1CCCCC2. The molecular formula is C14H16N4S. The molecule has 0 unspecified atom stereocenters. The van der Waals surface area contributed by atoms with E-state index in [0.717, 1.165) is 22.8 Å². The Morgan fingerprint density at radius 2 is 2.00 bits per heavy atom. The third kappa shape index (κ3) is 2.71. The number of fused-ring (bicyclic) bond motifs is 1. The first-order chi connectivity index (χ1) is 9.34. The Labute approximate surface area is 116 Å². The van der Waals surface area contributed by atoms with E-state index < -0.39 is 0 Å². The molecule has 4 nitrogen and oxygen atoms in total. The summed E-state index contributed by atoms with van der Waals surface area (Å²) in [6.07, 6.45) is 11.0. The Hall–Kier alpha value is -1.62. The summed E-state index contributed by atoms with van der Waals surface area (Å²) in [6, 6.07) is 1.94. The van der Waals surface area contributed by atoms with Crippen molar-refractivity contribution in [3.05, 3.63) is 36.0 Å². The van der Waals surface area contributed by atoms with Crippen LogP contribution in [0.2, 0.25) is 0 Å². The van der Waals surface area contributed by atoms with Crippen molar-refractivity contribution < 1.29 is 0 Å². The van der Waals surface area contributed by atoms with Gasteiger partial charge in [0.25, 0.3) is 0 Å². The van der Waals surface area contributed by atoms with Gasteiger partial charge in [0.05, 0.1) is 11.9 Å². The molecule has 2 aromatic rings.